The highest BCUT2D eigenvalue weighted by molar-refractivity contribution is 5.29. The maximum Gasteiger partial charge on any atom is 0.0594 e. The van der Waals surface area contributed by atoms with Crippen molar-refractivity contribution >= 4 is 0 Å². The van der Waals surface area contributed by atoms with Crippen LogP contribution < -0.4 is 0 Å². The number of morpholine rings is 1. The minimum atomic E-state index is -0.0407. The van der Waals surface area contributed by atoms with Crippen LogP contribution in [-0.4, -0.2) is 331 Å². The zero-order valence-corrected chi connectivity index (χ0v) is 67.3. The highest BCUT2D eigenvalue weighted by atomic mass is 16.5. The number of hydrogen-bond donors (Lipinski definition) is 1. The van der Waals surface area contributed by atoms with Gasteiger partial charge in [0.1, 0.15) is 0 Å². The average Bonchev–Trinajstić information content (AvgIpc) is 1.20. The molecular formula is C84H161N13O2. The Bertz CT molecular complexity index is 2170. The van der Waals surface area contributed by atoms with Crippen LogP contribution in [0.15, 0.2) is 24.3 Å². The van der Waals surface area contributed by atoms with E-state index in [0.717, 1.165) is 113 Å². The van der Waals surface area contributed by atoms with Crippen LogP contribution in [0.2, 0.25) is 0 Å². The number of piperazine rings is 1. The Hall–Kier alpha value is -1.38. The van der Waals surface area contributed by atoms with Crippen molar-refractivity contribution in [1.82, 2.24) is 63.7 Å². The third-order valence-corrected chi connectivity index (χ3v) is 25.8. The Labute approximate surface area is 612 Å². The summed E-state index contributed by atoms with van der Waals surface area (Å²) in [6.07, 6.45) is 32.8. The molecule has 13 rings (SSSR count). The molecule has 0 radical (unpaired) electrons. The summed E-state index contributed by atoms with van der Waals surface area (Å²) >= 11 is 0. The molecule has 0 spiro atoms. The molecule has 0 aliphatic carbocycles. The number of benzene rings is 1. The van der Waals surface area contributed by atoms with Gasteiger partial charge in [-0.3, -0.25) is 58.8 Å². The second-order valence-corrected chi connectivity index (χ2v) is 34.8. The standard InChI is InChI=1S/C17H26N2.C15H30N2.C14H28N2.C13H27N3.C13H26N2O.C12H24N2O/c1-14(2)18-10-5-8-17(13-18)19-11-9-15-6-3-4-7-16(15)12-19;1-14(2)17-12-8-9-15(13-17)16-10-6-4-3-5-7-11-16;1-13(2)16-11-7-8-14(12-16)15-9-5-3-4-6-10-15;1-12(2)16-6-4-5-13(11-16)15-9-7-14(3)8-10-15;1-11(2)15-7-3-4-12(10-15)14-8-5-13(16)6-9-14;1-11(2)14-5-3-4-12(10-14)13-6-8-15-9-7-13/h3-4,6-7,14,17H,5,8-13H2,1-2H3;14-15H,3-13H2,1-2H3;13-14H,3-12H2,1-2H3;12-13H,4-11H2,1-3H3;11-13,16H,3-10H2,1-2H3;11-12H,3-10H2,1-2H3. The van der Waals surface area contributed by atoms with E-state index in [1.54, 1.807) is 11.1 Å². The number of aliphatic hydroxyl groups is 1. The molecular weight excluding hydrogens is 1220 g/mol. The van der Waals surface area contributed by atoms with Crippen LogP contribution in [0.4, 0.5) is 0 Å². The van der Waals surface area contributed by atoms with Gasteiger partial charge in [0.05, 0.1) is 19.3 Å². The van der Waals surface area contributed by atoms with Gasteiger partial charge in [-0.15, -0.1) is 0 Å². The Morgan fingerprint density at radius 1 is 0.293 bits per heavy atom. The fraction of sp³-hybridized carbons (Fsp3) is 0.929. The molecule has 1 aromatic rings. The highest BCUT2D eigenvalue weighted by Gasteiger charge is 2.34. The van der Waals surface area contributed by atoms with Crippen molar-refractivity contribution in [1.29, 1.82) is 0 Å². The first-order valence-electron chi connectivity index (χ1n) is 42.8. The van der Waals surface area contributed by atoms with Gasteiger partial charge in [-0.2, -0.15) is 0 Å². The number of piperidine rings is 7. The molecule has 99 heavy (non-hydrogen) atoms. The van der Waals surface area contributed by atoms with E-state index in [-0.39, 0.29) is 6.10 Å². The van der Waals surface area contributed by atoms with Gasteiger partial charge in [-0.25, -0.2) is 0 Å². The largest absolute Gasteiger partial charge is 0.393 e. The summed E-state index contributed by atoms with van der Waals surface area (Å²) in [6, 6.07) is 18.0. The van der Waals surface area contributed by atoms with Crippen molar-refractivity contribution in [2.24, 2.45) is 0 Å². The SMILES string of the molecule is CC(C)N1CCCC(N2CCC(O)CC2)C1.CC(C)N1CCCC(N2CCCCCC2)C1.CC(C)N1CCCC(N2CCCCCCC2)C1.CC(C)N1CCCC(N2CCN(C)CC2)C1.CC(C)N1CCCC(N2CCOCC2)C1.CC(C)N1CCCC(N2CCc3ccccc3C2)C1. The minimum absolute atomic E-state index is 0.0407. The first-order valence-corrected chi connectivity index (χ1v) is 42.8. The summed E-state index contributed by atoms with van der Waals surface area (Å²) in [4.78, 5) is 34.5. The molecule has 1 aromatic carbocycles. The maximum absolute atomic E-state index is 9.53. The van der Waals surface area contributed by atoms with Gasteiger partial charge in [0.15, 0.2) is 0 Å². The molecule has 11 fully saturated rings. The predicted octanol–water partition coefficient (Wildman–Crippen LogP) is 12.4. The summed E-state index contributed by atoms with van der Waals surface area (Å²) in [5, 5.41) is 9.53. The smallest absolute Gasteiger partial charge is 0.0594 e. The van der Waals surface area contributed by atoms with E-state index in [9.17, 15) is 5.11 Å². The van der Waals surface area contributed by atoms with Crippen molar-refractivity contribution < 1.29 is 9.84 Å². The molecule has 15 heteroatoms. The number of rotatable bonds is 12. The van der Waals surface area contributed by atoms with Crippen LogP contribution in [0.25, 0.3) is 0 Å². The van der Waals surface area contributed by atoms with E-state index in [2.05, 4.69) is 178 Å². The molecule has 0 amide bonds. The third kappa shape index (κ3) is 28.7. The van der Waals surface area contributed by atoms with E-state index in [4.69, 9.17) is 4.74 Å². The molecule has 12 heterocycles. The van der Waals surface area contributed by atoms with Crippen molar-refractivity contribution in [2.45, 2.75) is 322 Å². The van der Waals surface area contributed by atoms with Gasteiger partial charge in [-0.05, 0) is 289 Å². The molecule has 12 aliphatic heterocycles. The Balaban J connectivity index is 0.000000152. The van der Waals surface area contributed by atoms with Crippen molar-refractivity contribution in [3.05, 3.63) is 35.4 Å². The Morgan fingerprint density at radius 2 is 0.576 bits per heavy atom. The van der Waals surface area contributed by atoms with Gasteiger partial charge in [-0.1, -0.05) is 56.4 Å². The van der Waals surface area contributed by atoms with E-state index in [0.29, 0.717) is 18.1 Å². The maximum atomic E-state index is 9.53. The van der Waals surface area contributed by atoms with Crippen LogP contribution in [0.3, 0.4) is 0 Å². The second-order valence-electron chi connectivity index (χ2n) is 34.8. The first-order chi connectivity index (χ1) is 47.9. The summed E-state index contributed by atoms with van der Waals surface area (Å²) in [5.41, 5.74) is 3.12. The molecule has 1 N–H and O–H groups in total. The number of hydrogen-bond acceptors (Lipinski definition) is 15. The van der Waals surface area contributed by atoms with Gasteiger partial charge >= 0.3 is 0 Å². The lowest BCUT2D eigenvalue weighted by atomic mass is 9.95. The lowest BCUT2D eigenvalue weighted by Gasteiger charge is -2.43. The quantitative estimate of drug-likeness (QED) is 0.216. The number of fused-ring (bicyclic) bond motifs is 1. The van der Waals surface area contributed by atoms with Gasteiger partial charge in [0.2, 0.25) is 0 Å². The van der Waals surface area contributed by atoms with Crippen LogP contribution in [-0.2, 0) is 17.7 Å². The molecule has 6 unspecified atom stereocenters. The Morgan fingerprint density at radius 3 is 0.909 bits per heavy atom. The first kappa shape index (κ1) is 83.3. The van der Waals surface area contributed by atoms with Gasteiger partial charge in [0.25, 0.3) is 0 Å². The molecule has 6 atom stereocenters. The number of aliphatic hydroxyl groups excluding tert-OH is 1. The van der Waals surface area contributed by atoms with Crippen molar-refractivity contribution in [3.8, 4) is 0 Å². The van der Waals surface area contributed by atoms with Crippen LogP contribution in [0, 0.1) is 0 Å². The van der Waals surface area contributed by atoms with Crippen LogP contribution in [0.1, 0.15) is 242 Å². The number of nitrogens with zero attached hydrogens (tertiary/aromatic N) is 13. The van der Waals surface area contributed by atoms with Gasteiger partial charge in [0, 0.05) is 177 Å². The fourth-order valence-electron chi connectivity index (χ4n) is 18.8. The zero-order chi connectivity index (χ0) is 70.5. The molecule has 15 nitrogen and oxygen atoms in total. The number of likely N-dealkylation sites (N-methyl/N-ethyl adjacent to an activating group) is 1. The number of likely N-dealkylation sites (tertiary alicyclic amines) is 9. The molecule has 0 saturated carbocycles. The van der Waals surface area contributed by atoms with E-state index >= 15 is 0 Å². The zero-order valence-electron chi connectivity index (χ0n) is 67.3. The Kier molecular flexibility index (Phi) is 38.1. The second kappa shape index (κ2) is 45.3. The summed E-state index contributed by atoms with van der Waals surface area (Å²) in [7, 11) is 2.23. The number of ether oxygens (including phenoxy) is 1. The van der Waals surface area contributed by atoms with E-state index in [1.165, 1.54) is 279 Å². The topological polar surface area (TPSA) is 71.6 Å². The van der Waals surface area contributed by atoms with E-state index in [1.807, 2.05) is 0 Å². The molecule has 12 aliphatic rings. The lowest BCUT2D eigenvalue weighted by Crippen LogP contribution is -2.55. The molecule has 574 valence electrons. The minimum Gasteiger partial charge on any atom is -0.393 e. The monoisotopic (exact) mass is 1380 g/mol. The summed E-state index contributed by atoms with van der Waals surface area (Å²) in [6.45, 7) is 62.5. The molecule has 0 bridgehead atoms. The molecule has 11 saturated heterocycles. The normalized spacial score (nSPS) is 29.8. The van der Waals surface area contributed by atoms with Crippen molar-refractivity contribution in [2.75, 3.05) is 184 Å². The molecule has 0 aromatic heterocycles. The highest BCUT2D eigenvalue weighted by Crippen LogP contribution is 2.28. The predicted molar refractivity (Wildman–Crippen MR) is 422 cm³/mol. The summed E-state index contributed by atoms with van der Waals surface area (Å²) < 4.78 is 5.41. The van der Waals surface area contributed by atoms with Gasteiger partial charge < -0.3 is 14.7 Å². The fourth-order valence-corrected chi connectivity index (χ4v) is 18.8. The van der Waals surface area contributed by atoms with Crippen LogP contribution >= 0.6 is 0 Å². The third-order valence-electron chi connectivity index (χ3n) is 25.8. The lowest BCUT2D eigenvalue weighted by molar-refractivity contribution is -0.00644. The summed E-state index contributed by atoms with van der Waals surface area (Å²) in [5.74, 6) is 0. The average molecular weight is 1390 g/mol. The van der Waals surface area contributed by atoms with Crippen molar-refractivity contribution in [3.63, 3.8) is 0 Å². The van der Waals surface area contributed by atoms with E-state index < -0.39 is 0 Å². The van der Waals surface area contributed by atoms with Crippen LogP contribution in [0.5, 0.6) is 0 Å².